The summed E-state index contributed by atoms with van der Waals surface area (Å²) in [6, 6.07) is 14.0. The van der Waals surface area contributed by atoms with E-state index in [1.165, 1.54) is 35.8 Å². The minimum absolute atomic E-state index is 0.0329. The molecule has 0 saturated carbocycles. The van der Waals surface area contributed by atoms with Crippen LogP contribution in [0.1, 0.15) is 20.8 Å². The van der Waals surface area contributed by atoms with Crippen molar-refractivity contribution in [2.45, 2.75) is 0 Å². The predicted octanol–water partition coefficient (Wildman–Crippen LogP) is 3.73. The number of thiophene rings is 1. The van der Waals surface area contributed by atoms with Gasteiger partial charge in [0.2, 0.25) is 0 Å². The number of halogens is 1. The van der Waals surface area contributed by atoms with Crippen molar-refractivity contribution < 1.29 is 19.8 Å². The molecule has 3 rings (SSSR count). The minimum Gasteiger partial charge on any atom is -0.508 e. The lowest BCUT2D eigenvalue weighted by molar-refractivity contribution is -0.117. The fraction of sp³-hybridized carbons (Fsp3) is 0. The maximum Gasteiger partial charge on any atom is 0.287 e. The third kappa shape index (κ3) is 5.47. The van der Waals surface area contributed by atoms with Gasteiger partial charge in [0.05, 0.1) is 16.8 Å². The van der Waals surface area contributed by atoms with Crippen LogP contribution in [0, 0.1) is 0 Å². The number of nitrogens with zero attached hydrogens (tertiary/aromatic N) is 1. The van der Waals surface area contributed by atoms with E-state index >= 15 is 0 Å². The maximum absolute atomic E-state index is 12.6. The maximum atomic E-state index is 12.6. The van der Waals surface area contributed by atoms with Gasteiger partial charge in [-0.25, -0.2) is 5.43 Å². The molecule has 9 heteroatoms. The van der Waals surface area contributed by atoms with Crippen molar-refractivity contribution in [2.24, 2.45) is 5.10 Å². The monoisotopic (exact) mass is 441 g/mol. The number of hydrazone groups is 1. The molecule has 152 valence electrons. The molecule has 2 amide bonds. The fourth-order valence-corrected chi connectivity index (χ4v) is 3.25. The topological polar surface area (TPSA) is 111 Å². The summed E-state index contributed by atoms with van der Waals surface area (Å²) in [4.78, 5) is 25.9. The van der Waals surface area contributed by atoms with Crippen LogP contribution in [0.15, 0.2) is 70.8 Å². The third-order valence-corrected chi connectivity index (χ3v) is 4.97. The van der Waals surface area contributed by atoms with Gasteiger partial charge in [-0.15, -0.1) is 11.3 Å². The van der Waals surface area contributed by atoms with Crippen LogP contribution in [0.3, 0.4) is 0 Å². The summed E-state index contributed by atoms with van der Waals surface area (Å²) in [5, 5.41) is 27.5. The Balaban J connectivity index is 1.78. The molecule has 0 bridgehead atoms. The molecule has 7 nitrogen and oxygen atoms in total. The Hall–Kier alpha value is -3.62. The molecule has 0 aliphatic heterocycles. The Bertz CT molecular complexity index is 1130. The number of amides is 2. The van der Waals surface area contributed by atoms with Gasteiger partial charge in [-0.05, 0) is 41.8 Å². The molecule has 1 aromatic heterocycles. The summed E-state index contributed by atoms with van der Waals surface area (Å²) in [6.07, 6.45) is 2.73. The highest BCUT2D eigenvalue weighted by Gasteiger charge is 2.16. The van der Waals surface area contributed by atoms with Gasteiger partial charge in [0.1, 0.15) is 17.2 Å². The van der Waals surface area contributed by atoms with Crippen LogP contribution >= 0.6 is 22.9 Å². The van der Waals surface area contributed by atoms with Crippen LogP contribution in [-0.2, 0) is 4.79 Å². The van der Waals surface area contributed by atoms with Crippen molar-refractivity contribution in [3.05, 3.63) is 86.7 Å². The predicted molar refractivity (Wildman–Crippen MR) is 117 cm³/mol. The lowest BCUT2D eigenvalue weighted by Gasteiger charge is -2.09. The molecule has 0 spiro atoms. The van der Waals surface area contributed by atoms with Gasteiger partial charge in [-0.3, -0.25) is 9.59 Å². The first-order chi connectivity index (χ1) is 14.4. The molecule has 1 heterocycles. The van der Waals surface area contributed by atoms with Crippen LogP contribution in [0.25, 0.3) is 6.08 Å². The first-order valence-corrected chi connectivity index (χ1v) is 9.86. The first-order valence-electron chi connectivity index (χ1n) is 8.60. The van der Waals surface area contributed by atoms with Crippen LogP contribution in [0.2, 0.25) is 5.02 Å². The summed E-state index contributed by atoms with van der Waals surface area (Å²) in [7, 11) is 0. The first kappa shape index (κ1) is 21.1. The molecule has 4 N–H and O–H groups in total. The van der Waals surface area contributed by atoms with E-state index in [4.69, 9.17) is 11.6 Å². The van der Waals surface area contributed by atoms with Gasteiger partial charge in [0, 0.05) is 16.5 Å². The van der Waals surface area contributed by atoms with Crippen LogP contribution in [0.4, 0.5) is 0 Å². The van der Waals surface area contributed by atoms with Gasteiger partial charge in [-0.2, -0.15) is 5.10 Å². The molecule has 0 radical (unpaired) electrons. The van der Waals surface area contributed by atoms with E-state index < -0.39 is 11.8 Å². The van der Waals surface area contributed by atoms with Crippen molar-refractivity contribution in [3.63, 3.8) is 0 Å². The smallest absolute Gasteiger partial charge is 0.287 e. The van der Waals surface area contributed by atoms with Gasteiger partial charge < -0.3 is 15.5 Å². The number of phenols is 2. The Kier molecular flexibility index (Phi) is 6.84. The Labute approximate surface area is 181 Å². The van der Waals surface area contributed by atoms with Crippen molar-refractivity contribution in [1.82, 2.24) is 10.7 Å². The quantitative estimate of drug-likeness (QED) is 0.265. The highest BCUT2D eigenvalue weighted by atomic mass is 35.5. The summed E-state index contributed by atoms with van der Waals surface area (Å²) < 4.78 is 0. The highest BCUT2D eigenvalue weighted by Crippen LogP contribution is 2.21. The van der Waals surface area contributed by atoms with Gasteiger partial charge in [0.15, 0.2) is 0 Å². The number of carbonyl (C=O) groups is 2. The number of hydrogen-bond donors (Lipinski definition) is 4. The SMILES string of the molecule is O=C(N/N=C/c1ccc(O)cc1O)/C(=C\c1cccs1)NC(=O)c1ccccc1Cl. The summed E-state index contributed by atoms with van der Waals surface area (Å²) >= 11 is 7.45. The molecule has 30 heavy (non-hydrogen) atoms. The molecule has 0 atom stereocenters. The average molecular weight is 442 g/mol. The number of nitrogens with one attached hydrogen (secondary N) is 2. The van der Waals surface area contributed by atoms with Gasteiger partial charge >= 0.3 is 0 Å². The summed E-state index contributed by atoms with van der Waals surface area (Å²) in [6.45, 7) is 0. The van der Waals surface area contributed by atoms with Crippen molar-refractivity contribution in [3.8, 4) is 11.5 Å². The van der Waals surface area contributed by atoms with Gasteiger partial charge in [0.25, 0.3) is 11.8 Å². The zero-order valence-corrected chi connectivity index (χ0v) is 16.9. The lowest BCUT2D eigenvalue weighted by Crippen LogP contribution is -2.32. The highest BCUT2D eigenvalue weighted by molar-refractivity contribution is 7.10. The molecule has 0 saturated heterocycles. The Morgan fingerprint density at radius 2 is 1.87 bits per heavy atom. The van der Waals surface area contributed by atoms with E-state index in [0.717, 1.165) is 10.9 Å². The average Bonchev–Trinajstić information content (AvgIpc) is 3.22. The lowest BCUT2D eigenvalue weighted by atomic mass is 10.2. The van der Waals surface area contributed by atoms with E-state index in [1.807, 2.05) is 11.4 Å². The van der Waals surface area contributed by atoms with Crippen molar-refractivity contribution >= 4 is 47.0 Å². The number of hydrogen-bond acceptors (Lipinski definition) is 6. The van der Waals surface area contributed by atoms with E-state index in [2.05, 4.69) is 15.8 Å². The normalized spacial score (nSPS) is 11.4. The molecule has 3 aromatic rings. The molecule has 0 aliphatic carbocycles. The van der Waals surface area contributed by atoms with E-state index in [1.54, 1.807) is 30.3 Å². The zero-order chi connectivity index (χ0) is 21.5. The van der Waals surface area contributed by atoms with Crippen molar-refractivity contribution in [1.29, 1.82) is 0 Å². The molecular weight excluding hydrogens is 426 g/mol. The summed E-state index contributed by atoms with van der Waals surface area (Å²) in [5.41, 5.74) is 2.78. The van der Waals surface area contributed by atoms with E-state index in [9.17, 15) is 19.8 Å². The Morgan fingerprint density at radius 3 is 2.57 bits per heavy atom. The summed E-state index contributed by atoms with van der Waals surface area (Å²) in [5.74, 6) is -1.51. The fourth-order valence-electron chi connectivity index (χ4n) is 2.37. The second-order valence-corrected chi connectivity index (χ2v) is 7.34. The second kappa shape index (κ2) is 9.73. The van der Waals surface area contributed by atoms with Crippen LogP contribution in [0.5, 0.6) is 11.5 Å². The zero-order valence-electron chi connectivity index (χ0n) is 15.4. The van der Waals surface area contributed by atoms with E-state index in [0.29, 0.717) is 0 Å². The van der Waals surface area contributed by atoms with Crippen LogP contribution < -0.4 is 10.7 Å². The molecule has 0 fully saturated rings. The standard InChI is InChI=1S/C21H16ClN3O4S/c22-17-6-2-1-5-16(17)20(28)24-18(11-15-4-3-9-30-15)21(29)25-23-12-13-7-8-14(26)10-19(13)27/h1-12,26-27H,(H,24,28)(H,25,29)/b18-11+,23-12+. The number of carbonyl (C=O) groups excluding carboxylic acids is 2. The molecule has 2 aromatic carbocycles. The third-order valence-electron chi connectivity index (χ3n) is 3.82. The number of aromatic hydroxyl groups is 2. The second-order valence-electron chi connectivity index (χ2n) is 5.95. The van der Waals surface area contributed by atoms with E-state index in [-0.39, 0.29) is 33.3 Å². The van der Waals surface area contributed by atoms with Crippen LogP contribution in [-0.4, -0.2) is 28.2 Å². The van der Waals surface area contributed by atoms with Crippen molar-refractivity contribution in [2.75, 3.05) is 0 Å². The molecular formula is C21H16ClN3O4S. The van der Waals surface area contributed by atoms with Gasteiger partial charge in [-0.1, -0.05) is 29.8 Å². The number of benzene rings is 2. The molecule has 0 aliphatic rings. The number of rotatable bonds is 6. The Morgan fingerprint density at radius 1 is 1.07 bits per heavy atom. The minimum atomic E-state index is -0.668. The largest absolute Gasteiger partial charge is 0.508 e. The molecule has 0 unspecified atom stereocenters. The number of phenolic OH excluding ortho intramolecular Hbond substituents is 2.